The lowest BCUT2D eigenvalue weighted by Gasteiger charge is -2.32. The number of carbonyl (C=O) groups excluding carboxylic acids is 2. The van der Waals surface area contributed by atoms with Gasteiger partial charge in [-0.2, -0.15) is 21.9 Å². The van der Waals surface area contributed by atoms with E-state index in [-0.39, 0.29) is 23.8 Å². The van der Waals surface area contributed by atoms with Crippen LogP contribution in [0.2, 0.25) is 0 Å². The maximum Gasteiger partial charge on any atom is 0.521 e. The van der Waals surface area contributed by atoms with E-state index in [1.807, 2.05) is 6.92 Å². The summed E-state index contributed by atoms with van der Waals surface area (Å²) in [4.78, 5) is 37.4. The van der Waals surface area contributed by atoms with Gasteiger partial charge in [0, 0.05) is 39.1 Å². The van der Waals surface area contributed by atoms with Crippen LogP contribution in [0.5, 0.6) is 0 Å². The third-order valence-electron chi connectivity index (χ3n) is 5.02. The van der Waals surface area contributed by atoms with Crippen molar-refractivity contribution in [2.24, 2.45) is 5.92 Å². The number of hydrogen-bond acceptors (Lipinski definition) is 4. The summed E-state index contributed by atoms with van der Waals surface area (Å²) in [5.74, 6) is -0.176. The molecule has 1 N–H and O–H groups in total. The molecule has 0 saturated carbocycles. The molecule has 3 amide bonds. The van der Waals surface area contributed by atoms with Gasteiger partial charge in [-0.3, -0.25) is 4.79 Å². The van der Waals surface area contributed by atoms with Crippen LogP contribution in [0, 0.1) is 5.92 Å². The number of unbranched alkanes of at least 4 members (excludes halogenated alkanes) is 1. The predicted octanol–water partition coefficient (Wildman–Crippen LogP) is 2.38. The Balaban J connectivity index is 2.64. The SMILES string of the molecule is CC(=O)N(C)CCCCC(CS)C(=O)[N+]1(C(=O)O)CCC[C@H]1C. The Morgan fingerprint density at radius 3 is 2.43 bits per heavy atom. The Bertz CT molecular complexity index is 457. The summed E-state index contributed by atoms with van der Waals surface area (Å²) in [6.07, 6.45) is 2.69. The van der Waals surface area contributed by atoms with E-state index in [0.29, 0.717) is 25.3 Å². The normalized spacial score (nSPS) is 25.1. The number of amides is 3. The van der Waals surface area contributed by atoms with Gasteiger partial charge in [0.25, 0.3) is 0 Å². The van der Waals surface area contributed by atoms with E-state index in [0.717, 1.165) is 25.7 Å². The number of carbonyl (C=O) groups is 3. The van der Waals surface area contributed by atoms with Gasteiger partial charge in [0.2, 0.25) is 5.91 Å². The Hall–Kier alpha value is -1.08. The second kappa shape index (κ2) is 8.68. The van der Waals surface area contributed by atoms with Gasteiger partial charge in [0.15, 0.2) is 0 Å². The molecule has 3 atom stereocenters. The molecule has 0 aliphatic carbocycles. The Morgan fingerprint density at radius 2 is 2.00 bits per heavy atom. The number of thiol groups is 1. The van der Waals surface area contributed by atoms with Gasteiger partial charge < -0.3 is 10.0 Å². The largest absolute Gasteiger partial charge is 0.521 e. The van der Waals surface area contributed by atoms with Crippen LogP contribution in [0.4, 0.5) is 4.79 Å². The van der Waals surface area contributed by atoms with E-state index in [9.17, 15) is 19.5 Å². The molecular weight excluding hydrogens is 316 g/mol. The van der Waals surface area contributed by atoms with Crippen LogP contribution in [0.15, 0.2) is 0 Å². The molecule has 0 radical (unpaired) electrons. The van der Waals surface area contributed by atoms with Gasteiger partial charge in [-0.25, -0.2) is 4.79 Å². The molecule has 2 unspecified atom stereocenters. The van der Waals surface area contributed by atoms with Gasteiger partial charge in [-0.1, -0.05) is 6.42 Å². The fourth-order valence-electron chi connectivity index (χ4n) is 3.30. The molecule has 1 fully saturated rings. The van der Waals surface area contributed by atoms with Crippen LogP contribution < -0.4 is 0 Å². The number of rotatable bonds is 7. The van der Waals surface area contributed by atoms with Gasteiger partial charge in [-0.15, -0.1) is 0 Å². The zero-order valence-corrected chi connectivity index (χ0v) is 15.2. The minimum absolute atomic E-state index is 0.0214. The summed E-state index contributed by atoms with van der Waals surface area (Å²) in [5, 5.41) is 9.64. The van der Waals surface area contributed by atoms with Crippen molar-refractivity contribution in [1.29, 1.82) is 0 Å². The van der Waals surface area contributed by atoms with Crippen LogP contribution in [0.25, 0.3) is 0 Å². The van der Waals surface area contributed by atoms with Crippen molar-refractivity contribution in [2.75, 3.05) is 25.9 Å². The third kappa shape index (κ3) is 4.47. The minimum atomic E-state index is -1.04. The summed E-state index contributed by atoms with van der Waals surface area (Å²) >= 11 is 4.27. The van der Waals surface area contributed by atoms with Gasteiger partial charge in [-0.05, 0) is 19.8 Å². The Morgan fingerprint density at radius 1 is 1.35 bits per heavy atom. The monoisotopic (exact) mass is 345 g/mol. The van der Waals surface area contributed by atoms with E-state index >= 15 is 0 Å². The molecule has 132 valence electrons. The molecular formula is C16H29N2O4S+. The van der Waals surface area contributed by atoms with Crippen LogP contribution in [-0.2, 0) is 9.59 Å². The maximum absolute atomic E-state index is 12.9. The van der Waals surface area contributed by atoms with Crippen molar-refractivity contribution in [2.45, 2.75) is 52.0 Å². The number of hydrogen-bond donors (Lipinski definition) is 2. The first kappa shape index (κ1) is 20.0. The highest BCUT2D eigenvalue weighted by atomic mass is 32.1. The zero-order chi connectivity index (χ0) is 17.6. The fraction of sp³-hybridized carbons (Fsp3) is 0.812. The highest BCUT2D eigenvalue weighted by Gasteiger charge is 2.54. The van der Waals surface area contributed by atoms with Gasteiger partial charge in [0.1, 0.15) is 6.04 Å². The van der Waals surface area contributed by atoms with Crippen LogP contribution in [0.3, 0.4) is 0 Å². The standard InChI is InChI=1S/C16H28N2O4S/c1-12-7-6-10-18(12,16(21)22)15(20)14(11-23)8-4-5-9-17(3)13(2)19/h12,14H,4-11H2,1-3H3,(H-,21,22,23)/p+1/t12-,14?,18?/m1/s1. The summed E-state index contributed by atoms with van der Waals surface area (Å²) in [5.41, 5.74) is 0. The second-order valence-corrected chi connectivity index (χ2v) is 6.89. The molecule has 1 rings (SSSR count). The molecule has 0 aromatic rings. The Labute approximate surface area is 143 Å². The van der Waals surface area contributed by atoms with Crippen LogP contribution >= 0.6 is 12.6 Å². The van der Waals surface area contributed by atoms with Crippen LogP contribution in [-0.4, -0.2) is 64.3 Å². The number of quaternary nitrogens is 1. The first-order valence-corrected chi connectivity index (χ1v) is 8.88. The molecule has 6 nitrogen and oxygen atoms in total. The number of likely N-dealkylation sites (tertiary alicyclic amines) is 1. The van der Waals surface area contributed by atoms with E-state index in [2.05, 4.69) is 12.6 Å². The van der Waals surface area contributed by atoms with Gasteiger partial charge >= 0.3 is 12.0 Å². The maximum atomic E-state index is 12.9. The van der Waals surface area contributed by atoms with Crippen molar-refractivity contribution in [3.63, 3.8) is 0 Å². The third-order valence-corrected chi connectivity index (χ3v) is 5.46. The molecule has 0 aromatic heterocycles. The average Bonchev–Trinajstić information content (AvgIpc) is 2.89. The average molecular weight is 345 g/mol. The first-order valence-electron chi connectivity index (χ1n) is 8.25. The van der Waals surface area contributed by atoms with Crippen LogP contribution in [0.1, 0.15) is 46.0 Å². The van der Waals surface area contributed by atoms with Crippen molar-refractivity contribution >= 4 is 30.5 Å². The summed E-state index contributed by atoms with van der Waals surface area (Å²) in [6.45, 7) is 4.40. The van der Waals surface area contributed by atoms with E-state index in [1.165, 1.54) is 6.92 Å². The van der Waals surface area contributed by atoms with Crippen molar-refractivity contribution in [1.82, 2.24) is 4.90 Å². The number of nitrogens with zero attached hydrogens (tertiary/aromatic N) is 2. The molecule has 0 bridgehead atoms. The summed E-state index contributed by atoms with van der Waals surface area (Å²) in [6, 6.07) is -0.175. The summed E-state index contributed by atoms with van der Waals surface area (Å²) in [7, 11) is 1.75. The lowest BCUT2D eigenvalue weighted by molar-refractivity contribution is -0.794. The summed E-state index contributed by atoms with van der Waals surface area (Å²) < 4.78 is -0.446. The topological polar surface area (TPSA) is 74.7 Å². The van der Waals surface area contributed by atoms with E-state index < -0.39 is 10.6 Å². The fourth-order valence-corrected chi connectivity index (χ4v) is 3.64. The molecule has 0 aromatic carbocycles. The first-order chi connectivity index (χ1) is 10.8. The molecule has 1 saturated heterocycles. The molecule has 1 heterocycles. The molecule has 7 heteroatoms. The van der Waals surface area contributed by atoms with Crippen molar-refractivity contribution < 1.29 is 24.0 Å². The second-order valence-electron chi connectivity index (χ2n) is 6.52. The number of imide groups is 1. The minimum Gasteiger partial charge on any atom is -0.435 e. The van der Waals surface area contributed by atoms with Gasteiger partial charge in [0.05, 0.1) is 12.5 Å². The van der Waals surface area contributed by atoms with Crippen molar-refractivity contribution in [3.05, 3.63) is 0 Å². The highest BCUT2D eigenvalue weighted by molar-refractivity contribution is 7.80. The zero-order valence-electron chi connectivity index (χ0n) is 14.3. The lowest BCUT2D eigenvalue weighted by Crippen LogP contribution is -2.60. The lowest BCUT2D eigenvalue weighted by atomic mass is 10.00. The Kier molecular flexibility index (Phi) is 7.54. The molecule has 1 aliphatic heterocycles. The van der Waals surface area contributed by atoms with E-state index in [1.54, 1.807) is 11.9 Å². The van der Waals surface area contributed by atoms with Crippen molar-refractivity contribution in [3.8, 4) is 0 Å². The quantitative estimate of drug-likeness (QED) is 0.422. The highest BCUT2D eigenvalue weighted by Crippen LogP contribution is 2.31. The predicted molar refractivity (Wildman–Crippen MR) is 91.4 cm³/mol. The molecule has 23 heavy (non-hydrogen) atoms. The molecule has 0 spiro atoms. The smallest absolute Gasteiger partial charge is 0.435 e. The van der Waals surface area contributed by atoms with E-state index in [4.69, 9.17) is 0 Å². The molecule has 1 aliphatic rings. The number of carboxylic acid groups (broad SMARTS) is 1.